The van der Waals surface area contributed by atoms with E-state index in [2.05, 4.69) is 77.9 Å². The van der Waals surface area contributed by atoms with Crippen molar-refractivity contribution in [1.29, 1.82) is 0 Å². The van der Waals surface area contributed by atoms with Gasteiger partial charge in [0.25, 0.3) is 0 Å². The second kappa shape index (κ2) is 11.1. The van der Waals surface area contributed by atoms with Gasteiger partial charge in [-0.1, -0.05) is 65.8 Å². The summed E-state index contributed by atoms with van der Waals surface area (Å²) in [4.78, 5) is 9.58. The van der Waals surface area contributed by atoms with E-state index in [-0.39, 0.29) is 10.3 Å². The fraction of sp³-hybridized carbons (Fsp3) is 0.429. The maximum atomic E-state index is 5.34. The van der Waals surface area contributed by atoms with Crippen LogP contribution in [0.2, 0.25) is 0 Å². The van der Waals surface area contributed by atoms with E-state index in [9.17, 15) is 0 Å². The normalized spacial score (nSPS) is 13.9. The number of ether oxygens (including phenoxy) is 2. The smallest absolute Gasteiger partial charge is 0.137 e. The number of hydrogen-bond donors (Lipinski definition) is 0. The molecule has 2 atom stereocenters. The molecule has 0 amide bonds. The van der Waals surface area contributed by atoms with E-state index in [1.165, 1.54) is 22.0 Å². The Hall–Kier alpha value is -2.02. The largest absolute Gasteiger partial charge is 0.495 e. The summed E-state index contributed by atoms with van der Waals surface area (Å²) in [5, 5.41) is 0.271. The van der Waals surface area contributed by atoms with Gasteiger partial charge in [0.15, 0.2) is 0 Å². The van der Waals surface area contributed by atoms with Crippen molar-refractivity contribution in [1.82, 2.24) is 9.97 Å². The molecule has 2 unspecified atom stereocenters. The number of hydrogen-bond acceptors (Lipinski definition) is 4. The van der Waals surface area contributed by atoms with Crippen molar-refractivity contribution in [3.8, 4) is 11.5 Å². The van der Waals surface area contributed by atoms with Gasteiger partial charge in [-0.2, -0.15) is 0 Å². The van der Waals surface area contributed by atoms with E-state index in [4.69, 9.17) is 19.4 Å². The van der Waals surface area contributed by atoms with Gasteiger partial charge in [-0.3, -0.25) is 9.97 Å². The maximum absolute atomic E-state index is 5.34. The summed E-state index contributed by atoms with van der Waals surface area (Å²) in [7, 11) is 2.35. The number of methoxy groups -OCH3 is 2. The molecule has 0 fully saturated rings. The number of aromatic nitrogens is 2. The van der Waals surface area contributed by atoms with Gasteiger partial charge in [-0.15, -0.1) is 0 Å². The van der Waals surface area contributed by atoms with E-state index in [0.29, 0.717) is 0 Å². The van der Waals surface area contributed by atoms with Gasteiger partial charge in [0.05, 0.1) is 37.5 Å². The van der Waals surface area contributed by atoms with Crippen molar-refractivity contribution in [2.24, 2.45) is 0 Å². The first-order chi connectivity index (χ1) is 16.0. The van der Waals surface area contributed by atoms with Crippen LogP contribution in [0, 0.1) is 0 Å². The van der Waals surface area contributed by atoms with E-state index >= 15 is 0 Å². The molecule has 0 aliphatic rings. The third-order valence-corrected chi connectivity index (χ3v) is 12.0. The predicted octanol–water partition coefficient (Wildman–Crippen LogP) is 6.71. The van der Waals surface area contributed by atoms with Gasteiger partial charge < -0.3 is 9.47 Å². The van der Waals surface area contributed by atoms with Crippen LogP contribution in [0.1, 0.15) is 52.7 Å². The summed E-state index contributed by atoms with van der Waals surface area (Å²) in [5.41, 5.74) is 5.19. The second-order valence-corrected chi connectivity index (χ2v) is 16.3. The molecule has 0 bridgehead atoms. The van der Waals surface area contributed by atoms with Crippen molar-refractivity contribution < 1.29 is 9.47 Å². The van der Waals surface area contributed by atoms with Gasteiger partial charge >= 0.3 is 0 Å². The van der Waals surface area contributed by atoms with Crippen LogP contribution in [0.15, 0.2) is 60.9 Å². The zero-order valence-electron chi connectivity index (χ0n) is 21.8. The van der Waals surface area contributed by atoms with E-state index in [1.54, 1.807) is 14.2 Å². The molecule has 0 aliphatic carbocycles. The molecule has 2 aromatic heterocycles. The lowest BCUT2D eigenvalue weighted by molar-refractivity contribution is 0.413. The van der Waals surface area contributed by atoms with Crippen LogP contribution in [0.3, 0.4) is 0 Å². The fourth-order valence-corrected chi connectivity index (χ4v) is 8.68. The Kier molecular flexibility index (Phi) is 8.72. The molecule has 2 heterocycles. The first-order valence-electron chi connectivity index (χ1n) is 11.6. The van der Waals surface area contributed by atoms with Crippen molar-refractivity contribution in [3.05, 3.63) is 72.1 Å². The topological polar surface area (TPSA) is 44.2 Å². The Morgan fingerprint density at radius 1 is 0.618 bits per heavy atom. The van der Waals surface area contributed by atoms with Crippen LogP contribution in [0.25, 0.3) is 0 Å². The van der Waals surface area contributed by atoms with Gasteiger partial charge in [-0.25, -0.2) is 0 Å². The second-order valence-electron chi connectivity index (χ2n) is 10.4. The Morgan fingerprint density at radius 2 is 1.00 bits per heavy atom. The first-order valence-corrected chi connectivity index (χ1v) is 14.7. The van der Waals surface area contributed by atoms with Gasteiger partial charge in [-0.05, 0) is 73.9 Å². The Morgan fingerprint density at radius 3 is 1.26 bits per heavy atom. The molecule has 1 aromatic carbocycles. The molecule has 6 heteroatoms. The molecular formula is C28H38N2O2P2. The zero-order chi connectivity index (χ0) is 24.9. The maximum Gasteiger partial charge on any atom is 0.137 e. The van der Waals surface area contributed by atoms with Crippen molar-refractivity contribution >= 4 is 26.7 Å². The van der Waals surface area contributed by atoms with E-state index < -0.39 is 15.8 Å². The number of nitrogens with zero attached hydrogens (tertiary/aromatic N) is 2. The Balaban J connectivity index is 1.94. The molecule has 182 valence electrons. The molecule has 0 saturated carbocycles. The van der Waals surface area contributed by atoms with Crippen LogP contribution in [0.5, 0.6) is 11.5 Å². The quantitative estimate of drug-likeness (QED) is 0.325. The van der Waals surface area contributed by atoms with Gasteiger partial charge in [0.2, 0.25) is 0 Å². The van der Waals surface area contributed by atoms with Crippen LogP contribution >= 0.6 is 15.8 Å². The van der Waals surface area contributed by atoms with E-state index in [1.807, 2.05) is 24.5 Å². The SMILES string of the molecule is COc1ccc(P(Cc2ccccc2CP(c2ccc(OC)cn2)C(C)(C)C)C(C)(C)C)nc1. The molecule has 0 radical (unpaired) electrons. The first kappa shape index (κ1) is 26.6. The van der Waals surface area contributed by atoms with Crippen LogP contribution in [0.4, 0.5) is 0 Å². The molecule has 0 saturated heterocycles. The number of benzene rings is 1. The average Bonchev–Trinajstić information content (AvgIpc) is 2.80. The predicted molar refractivity (Wildman–Crippen MR) is 148 cm³/mol. The monoisotopic (exact) mass is 496 g/mol. The summed E-state index contributed by atoms with van der Waals surface area (Å²) in [6.45, 7) is 14.0. The molecule has 0 aliphatic heterocycles. The Bertz CT molecular complexity index is 969. The van der Waals surface area contributed by atoms with Crippen molar-refractivity contribution in [2.75, 3.05) is 14.2 Å². The molecule has 0 N–H and O–H groups in total. The van der Waals surface area contributed by atoms with Crippen molar-refractivity contribution in [2.45, 2.75) is 64.2 Å². The van der Waals surface area contributed by atoms with E-state index in [0.717, 1.165) is 23.8 Å². The highest BCUT2D eigenvalue weighted by Gasteiger charge is 2.30. The minimum atomic E-state index is -0.512. The lowest BCUT2D eigenvalue weighted by Gasteiger charge is -2.34. The van der Waals surface area contributed by atoms with Crippen LogP contribution < -0.4 is 20.3 Å². The summed E-state index contributed by atoms with van der Waals surface area (Å²) < 4.78 is 10.7. The standard InChI is InChI=1S/C28H38N2O2P2/c1-27(2,3)33(25-15-13-23(31-7)17-29-25)19-21-11-9-10-12-22(21)20-34(28(4,5)6)26-16-14-24(32-8)18-30-26/h9-18H,19-20H2,1-8H3. The lowest BCUT2D eigenvalue weighted by Crippen LogP contribution is -2.24. The van der Waals surface area contributed by atoms with Crippen molar-refractivity contribution in [3.63, 3.8) is 0 Å². The van der Waals surface area contributed by atoms with Gasteiger partial charge in [0.1, 0.15) is 11.5 Å². The highest BCUT2D eigenvalue weighted by molar-refractivity contribution is 7.66. The lowest BCUT2D eigenvalue weighted by atomic mass is 10.1. The third-order valence-electron chi connectivity index (χ3n) is 5.86. The summed E-state index contributed by atoms with van der Waals surface area (Å²) in [6.07, 6.45) is 5.71. The highest BCUT2D eigenvalue weighted by Crippen LogP contribution is 2.54. The Labute approximate surface area is 208 Å². The molecule has 3 rings (SSSR count). The van der Waals surface area contributed by atoms with Gasteiger partial charge in [0, 0.05) is 0 Å². The summed E-state index contributed by atoms with van der Waals surface area (Å²) in [5.74, 6) is 1.60. The van der Waals surface area contributed by atoms with Crippen LogP contribution in [-0.2, 0) is 12.3 Å². The molecular weight excluding hydrogens is 458 g/mol. The molecule has 34 heavy (non-hydrogen) atoms. The summed E-state index contributed by atoms with van der Waals surface area (Å²) >= 11 is 0. The number of rotatable bonds is 8. The number of pyridine rings is 2. The minimum absolute atomic E-state index is 0.135. The zero-order valence-corrected chi connectivity index (χ0v) is 23.6. The fourth-order valence-electron chi connectivity index (χ4n) is 3.84. The molecule has 4 nitrogen and oxygen atoms in total. The third kappa shape index (κ3) is 6.77. The highest BCUT2D eigenvalue weighted by atomic mass is 31.1. The summed E-state index contributed by atoms with van der Waals surface area (Å²) in [6, 6.07) is 17.3. The molecule has 0 spiro atoms. The van der Waals surface area contributed by atoms with Crippen LogP contribution in [-0.4, -0.2) is 34.5 Å². The molecule has 3 aromatic rings. The average molecular weight is 497 g/mol. The minimum Gasteiger partial charge on any atom is -0.495 e.